The monoisotopic (exact) mass is 291 g/mol. The van der Waals surface area contributed by atoms with Crippen molar-refractivity contribution in [3.63, 3.8) is 0 Å². The SMILES string of the molecule is NC1=NC(/C=C/c2ccccc2)N(c2ccccc2)C(N)=N1. The van der Waals surface area contributed by atoms with Crippen LogP contribution in [-0.2, 0) is 0 Å². The molecule has 1 aliphatic rings. The Balaban J connectivity index is 1.93. The summed E-state index contributed by atoms with van der Waals surface area (Å²) in [6.45, 7) is 0. The van der Waals surface area contributed by atoms with Gasteiger partial charge in [0.15, 0.2) is 6.17 Å². The van der Waals surface area contributed by atoms with Crippen molar-refractivity contribution >= 4 is 23.7 Å². The van der Waals surface area contributed by atoms with Crippen LogP contribution >= 0.6 is 0 Å². The summed E-state index contributed by atoms with van der Waals surface area (Å²) in [6, 6.07) is 19.8. The number of para-hydroxylation sites is 1. The fourth-order valence-corrected chi connectivity index (χ4v) is 2.29. The molecule has 0 aromatic heterocycles. The lowest BCUT2D eigenvalue weighted by Gasteiger charge is -2.30. The molecule has 5 heteroatoms. The minimum absolute atomic E-state index is 0.187. The molecule has 0 bridgehead atoms. The summed E-state index contributed by atoms with van der Waals surface area (Å²) in [5, 5.41) is 0. The maximum absolute atomic E-state index is 6.04. The van der Waals surface area contributed by atoms with Gasteiger partial charge in [0.1, 0.15) is 0 Å². The normalized spacial score (nSPS) is 18.2. The van der Waals surface area contributed by atoms with Crippen LogP contribution in [0.15, 0.2) is 76.7 Å². The van der Waals surface area contributed by atoms with Crippen LogP contribution in [0.25, 0.3) is 6.08 Å². The molecule has 5 nitrogen and oxygen atoms in total. The zero-order chi connectivity index (χ0) is 15.4. The quantitative estimate of drug-likeness (QED) is 0.909. The Bertz CT molecular complexity index is 719. The van der Waals surface area contributed by atoms with Crippen molar-refractivity contribution in [2.24, 2.45) is 21.5 Å². The summed E-state index contributed by atoms with van der Waals surface area (Å²) < 4.78 is 0. The standard InChI is InChI=1S/C17H17N5/c18-16-20-15(12-11-13-7-3-1-4-8-13)22(17(19)21-16)14-9-5-2-6-10-14/h1-12,15H,(H4,18,19,20,21)/b12-11+. The van der Waals surface area contributed by atoms with E-state index in [1.807, 2.05) is 77.7 Å². The molecule has 0 fully saturated rings. The van der Waals surface area contributed by atoms with Crippen molar-refractivity contribution in [1.29, 1.82) is 0 Å². The van der Waals surface area contributed by atoms with Crippen molar-refractivity contribution in [1.82, 2.24) is 0 Å². The first-order chi connectivity index (χ1) is 10.7. The van der Waals surface area contributed by atoms with Gasteiger partial charge in [-0.1, -0.05) is 54.6 Å². The first-order valence-corrected chi connectivity index (χ1v) is 6.99. The Labute approximate surface area is 129 Å². The number of nitrogens with two attached hydrogens (primary N) is 2. The number of rotatable bonds is 3. The van der Waals surface area contributed by atoms with Gasteiger partial charge in [0.05, 0.1) is 0 Å². The first-order valence-electron chi connectivity index (χ1n) is 6.99. The summed E-state index contributed by atoms with van der Waals surface area (Å²) >= 11 is 0. The lowest BCUT2D eigenvalue weighted by molar-refractivity contribution is 0.824. The van der Waals surface area contributed by atoms with Gasteiger partial charge in [0, 0.05) is 5.69 Å². The van der Waals surface area contributed by atoms with Gasteiger partial charge in [-0.25, -0.2) is 4.99 Å². The number of benzene rings is 2. The van der Waals surface area contributed by atoms with E-state index >= 15 is 0 Å². The van der Waals surface area contributed by atoms with E-state index < -0.39 is 0 Å². The predicted octanol–water partition coefficient (Wildman–Crippen LogP) is 2.18. The number of hydrogen-bond donors (Lipinski definition) is 2. The Hall–Kier alpha value is -3.08. The lowest BCUT2D eigenvalue weighted by Crippen LogP contribution is -2.47. The Kier molecular flexibility index (Phi) is 3.87. The van der Waals surface area contributed by atoms with Gasteiger partial charge in [-0.05, 0) is 23.8 Å². The van der Waals surface area contributed by atoms with E-state index in [0.29, 0.717) is 5.96 Å². The Morgan fingerprint density at radius 2 is 1.55 bits per heavy atom. The van der Waals surface area contributed by atoms with E-state index in [1.54, 1.807) is 0 Å². The van der Waals surface area contributed by atoms with Gasteiger partial charge in [-0.3, -0.25) is 4.90 Å². The van der Waals surface area contributed by atoms with Crippen molar-refractivity contribution in [3.05, 3.63) is 72.3 Å². The van der Waals surface area contributed by atoms with E-state index in [2.05, 4.69) is 9.98 Å². The molecule has 0 radical (unpaired) electrons. The molecular weight excluding hydrogens is 274 g/mol. The minimum atomic E-state index is -0.319. The average Bonchev–Trinajstić information content (AvgIpc) is 2.54. The highest BCUT2D eigenvalue weighted by Crippen LogP contribution is 2.20. The second kappa shape index (κ2) is 6.13. The number of aliphatic imine (C=N–C) groups is 2. The second-order valence-corrected chi connectivity index (χ2v) is 4.85. The molecule has 22 heavy (non-hydrogen) atoms. The van der Waals surface area contributed by atoms with Gasteiger partial charge in [0.25, 0.3) is 0 Å². The van der Waals surface area contributed by atoms with Gasteiger partial charge in [-0.2, -0.15) is 4.99 Å². The van der Waals surface area contributed by atoms with Gasteiger partial charge < -0.3 is 11.5 Å². The molecule has 1 heterocycles. The minimum Gasteiger partial charge on any atom is -0.369 e. The van der Waals surface area contributed by atoms with Crippen LogP contribution in [0.3, 0.4) is 0 Å². The van der Waals surface area contributed by atoms with Crippen LogP contribution in [-0.4, -0.2) is 18.1 Å². The van der Waals surface area contributed by atoms with Crippen LogP contribution in [0, 0.1) is 0 Å². The third-order valence-corrected chi connectivity index (χ3v) is 3.30. The van der Waals surface area contributed by atoms with Crippen LogP contribution in [0.1, 0.15) is 5.56 Å². The second-order valence-electron chi connectivity index (χ2n) is 4.85. The molecule has 2 aromatic rings. The van der Waals surface area contributed by atoms with Crippen molar-refractivity contribution in [2.45, 2.75) is 6.17 Å². The van der Waals surface area contributed by atoms with E-state index in [1.165, 1.54) is 0 Å². The number of guanidine groups is 2. The highest BCUT2D eigenvalue weighted by molar-refractivity contribution is 6.05. The molecule has 1 aliphatic heterocycles. The highest BCUT2D eigenvalue weighted by atomic mass is 15.4. The summed E-state index contributed by atoms with van der Waals surface area (Å²) in [6.07, 6.45) is 3.63. The molecular formula is C17H17N5. The van der Waals surface area contributed by atoms with Crippen LogP contribution in [0.5, 0.6) is 0 Å². The number of anilines is 1. The summed E-state index contributed by atoms with van der Waals surface area (Å²) in [7, 11) is 0. The van der Waals surface area contributed by atoms with Crippen molar-refractivity contribution in [2.75, 3.05) is 4.90 Å². The maximum Gasteiger partial charge on any atom is 0.220 e. The molecule has 1 atom stereocenters. The topological polar surface area (TPSA) is 80.0 Å². The van der Waals surface area contributed by atoms with E-state index in [9.17, 15) is 0 Å². The van der Waals surface area contributed by atoms with E-state index in [4.69, 9.17) is 11.5 Å². The van der Waals surface area contributed by atoms with Gasteiger partial charge in [-0.15, -0.1) is 0 Å². The third kappa shape index (κ3) is 2.98. The zero-order valence-corrected chi connectivity index (χ0v) is 12.0. The number of hydrogen-bond acceptors (Lipinski definition) is 5. The fraction of sp³-hybridized carbons (Fsp3) is 0.0588. The largest absolute Gasteiger partial charge is 0.369 e. The van der Waals surface area contributed by atoms with Gasteiger partial charge >= 0.3 is 0 Å². The fourth-order valence-electron chi connectivity index (χ4n) is 2.29. The zero-order valence-electron chi connectivity index (χ0n) is 12.0. The maximum atomic E-state index is 6.04. The Morgan fingerprint density at radius 3 is 2.23 bits per heavy atom. The van der Waals surface area contributed by atoms with Crippen LogP contribution < -0.4 is 16.4 Å². The molecule has 4 N–H and O–H groups in total. The number of nitrogens with zero attached hydrogens (tertiary/aromatic N) is 3. The lowest BCUT2D eigenvalue weighted by atomic mass is 10.2. The van der Waals surface area contributed by atoms with Gasteiger partial charge in [0.2, 0.25) is 11.9 Å². The van der Waals surface area contributed by atoms with Crippen LogP contribution in [0.4, 0.5) is 5.69 Å². The predicted molar refractivity (Wildman–Crippen MR) is 91.4 cm³/mol. The van der Waals surface area contributed by atoms with E-state index in [-0.39, 0.29) is 12.1 Å². The first kappa shape index (κ1) is 13.9. The molecule has 0 saturated carbocycles. The summed E-state index contributed by atoms with van der Waals surface area (Å²) in [4.78, 5) is 10.3. The van der Waals surface area contributed by atoms with E-state index in [0.717, 1.165) is 11.3 Å². The average molecular weight is 291 g/mol. The summed E-state index contributed by atoms with van der Waals surface area (Å²) in [5.74, 6) is 0.522. The molecule has 0 spiro atoms. The van der Waals surface area contributed by atoms with Crippen molar-refractivity contribution in [3.8, 4) is 0 Å². The highest BCUT2D eigenvalue weighted by Gasteiger charge is 2.23. The van der Waals surface area contributed by atoms with Crippen molar-refractivity contribution < 1.29 is 0 Å². The molecule has 2 aromatic carbocycles. The molecule has 3 rings (SSSR count). The molecule has 110 valence electrons. The summed E-state index contributed by atoms with van der Waals surface area (Å²) in [5.41, 5.74) is 13.8. The van der Waals surface area contributed by atoms with Crippen LogP contribution in [0.2, 0.25) is 0 Å². The molecule has 1 unspecified atom stereocenters. The molecule has 0 aliphatic carbocycles. The molecule has 0 amide bonds. The molecule has 0 saturated heterocycles. The third-order valence-electron chi connectivity index (χ3n) is 3.30. The smallest absolute Gasteiger partial charge is 0.220 e. The Morgan fingerprint density at radius 1 is 0.909 bits per heavy atom.